The molecule has 2 saturated carbocycles. The lowest BCUT2D eigenvalue weighted by molar-refractivity contribution is -0.198. The van der Waals surface area contributed by atoms with E-state index in [2.05, 4.69) is 0 Å². The predicted molar refractivity (Wildman–Crippen MR) is 157 cm³/mol. The highest BCUT2D eigenvalue weighted by Gasteiger charge is 2.51. The Labute approximate surface area is 264 Å². The number of carbonyl (C=O) groups is 4. The lowest BCUT2D eigenvalue weighted by atomic mass is 9.82. The van der Waals surface area contributed by atoms with Crippen molar-refractivity contribution in [3.63, 3.8) is 0 Å². The van der Waals surface area contributed by atoms with E-state index in [1.165, 1.54) is 58.3 Å². The number of hydrogen-bond acceptors (Lipinski definition) is 17. The molecular formula is C27H42N2O13S2. The maximum atomic E-state index is 11.6. The van der Waals surface area contributed by atoms with Gasteiger partial charge in [0.05, 0.1) is 43.5 Å². The average molecular weight is 667 g/mol. The molecule has 0 aromatic carbocycles. The summed E-state index contributed by atoms with van der Waals surface area (Å²) in [7, 11) is 1.40. The first-order valence-corrected chi connectivity index (χ1v) is 15.8. The van der Waals surface area contributed by atoms with Gasteiger partial charge in [-0.2, -0.15) is 5.26 Å². The molecule has 0 amide bonds. The van der Waals surface area contributed by atoms with Crippen molar-refractivity contribution in [2.45, 2.75) is 87.7 Å². The van der Waals surface area contributed by atoms with E-state index in [-0.39, 0.29) is 30.1 Å². The summed E-state index contributed by atoms with van der Waals surface area (Å²) in [6.45, 7) is 4.54. The number of rotatable bonds is 11. The van der Waals surface area contributed by atoms with Crippen LogP contribution in [0.4, 0.5) is 0 Å². The Morgan fingerprint density at radius 2 is 1.34 bits per heavy atom. The molecule has 0 aliphatic heterocycles. The van der Waals surface area contributed by atoms with E-state index in [9.17, 15) is 34.5 Å². The summed E-state index contributed by atoms with van der Waals surface area (Å²) in [6, 6.07) is 2.00. The van der Waals surface area contributed by atoms with Gasteiger partial charge < -0.3 is 44.1 Å². The molecule has 0 heterocycles. The Bertz CT molecular complexity index is 1020. The number of ether oxygens (including phenoxy) is 5. The highest BCUT2D eigenvalue weighted by atomic mass is 32.2. The van der Waals surface area contributed by atoms with Gasteiger partial charge in [-0.25, -0.2) is 0 Å². The Morgan fingerprint density at radius 1 is 0.795 bits per heavy atom. The second-order valence-corrected chi connectivity index (χ2v) is 12.6. The van der Waals surface area contributed by atoms with Crippen molar-refractivity contribution in [2.24, 2.45) is 11.8 Å². The van der Waals surface area contributed by atoms with Crippen molar-refractivity contribution in [3.05, 3.63) is 0 Å². The van der Waals surface area contributed by atoms with Crippen LogP contribution in [0.3, 0.4) is 0 Å². The van der Waals surface area contributed by atoms with E-state index in [4.69, 9.17) is 39.5 Å². The molecule has 2 fully saturated rings. The Balaban J connectivity index is 0.000000488. The minimum absolute atomic E-state index is 0.0680. The van der Waals surface area contributed by atoms with Gasteiger partial charge in [-0.15, -0.1) is 23.5 Å². The number of aliphatic hydroxyl groups excluding tert-OH is 4. The van der Waals surface area contributed by atoms with Crippen LogP contribution in [0.2, 0.25) is 0 Å². The smallest absolute Gasteiger partial charge is 0.303 e. The molecular weight excluding hydrogens is 624 g/mol. The van der Waals surface area contributed by atoms with E-state index in [1.807, 2.05) is 6.07 Å². The highest BCUT2D eigenvalue weighted by molar-refractivity contribution is 8.00. The molecule has 0 spiro atoms. The van der Waals surface area contributed by atoms with E-state index >= 15 is 0 Å². The number of aliphatic hydroxyl groups is 4. The van der Waals surface area contributed by atoms with Crippen molar-refractivity contribution in [2.75, 3.05) is 31.8 Å². The lowest BCUT2D eigenvalue weighted by Gasteiger charge is -2.44. The number of nitrogens with zero attached hydrogens (tertiary/aromatic N) is 1. The van der Waals surface area contributed by atoms with Gasteiger partial charge in [0.15, 0.2) is 18.1 Å². The van der Waals surface area contributed by atoms with Crippen LogP contribution in [0.15, 0.2) is 0 Å². The topological polar surface area (TPSA) is 243 Å². The number of hydrogen-bond donors (Lipinski definition) is 5. The first-order valence-electron chi connectivity index (χ1n) is 13.7. The minimum Gasteiger partial charge on any atom is -0.484 e. The fourth-order valence-electron chi connectivity index (χ4n) is 4.81. The zero-order valence-electron chi connectivity index (χ0n) is 25.2. The van der Waals surface area contributed by atoms with Gasteiger partial charge >= 0.3 is 23.9 Å². The quantitative estimate of drug-likeness (QED) is 0.0829. The number of esters is 4. The standard InChI is InChI=1S/C17H23NO8S.C10H19NO5S/c1-9(19)23-8-13-7-14(27-6-5-18)16(25-11(3)21)17(26-12(4)22)15(13)24-10(2)20;1-16-7(11)4-17-6-2-5(3-12)8(13)10(15)9(6)14/h13-17H,6-8H2,1-4H3;5-6,8-15H,2-4H2,1H3. The maximum Gasteiger partial charge on any atom is 0.303 e. The van der Waals surface area contributed by atoms with Crippen molar-refractivity contribution in [1.29, 1.82) is 10.7 Å². The lowest BCUT2D eigenvalue weighted by Crippen LogP contribution is -2.58. The molecule has 0 radical (unpaired) electrons. The number of nitriles is 1. The number of thioether (sulfide) groups is 2. The van der Waals surface area contributed by atoms with Crippen molar-refractivity contribution in [3.8, 4) is 6.07 Å². The van der Waals surface area contributed by atoms with Crippen LogP contribution in [-0.4, -0.2) is 129 Å². The Hall–Kier alpha value is -2.62. The first-order chi connectivity index (χ1) is 20.7. The largest absolute Gasteiger partial charge is 0.484 e. The molecule has 0 aromatic heterocycles. The molecule has 250 valence electrons. The Morgan fingerprint density at radius 3 is 1.84 bits per heavy atom. The molecule has 2 aliphatic carbocycles. The first kappa shape index (κ1) is 39.4. The van der Waals surface area contributed by atoms with E-state index < -0.39 is 77.6 Å². The molecule has 10 atom stereocenters. The van der Waals surface area contributed by atoms with Crippen molar-refractivity contribution in [1.82, 2.24) is 0 Å². The number of methoxy groups -OCH3 is 1. The normalized spacial score (nSPS) is 31.2. The summed E-state index contributed by atoms with van der Waals surface area (Å²) >= 11 is 2.51. The van der Waals surface area contributed by atoms with Crippen LogP contribution in [0, 0.1) is 28.6 Å². The van der Waals surface area contributed by atoms with Crippen molar-refractivity contribution < 1.29 is 63.3 Å². The number of nitrogens with one attached hydrogen (secondary N) is 1. The van der Waals surface area contributed by atoms with Gasteiger partial charge in [-0.3, -0.25) is 24.6 Å². The molecule has 44 heavy (non-hydrogen) atoms. The molecule has 0 aromatic rings. The monoisotopic (exact) mass is 666 g/mol. The third-order valence-electron chi connectivity index (χ3n) is 6.79. The molecule has 2 aliphatic rings. The zero-order chi connectivity index (χ0) is 33.6. The molecule has 5 N–H and O–H groups in total. The molecule has 2 rings (SSSR count). The van der Waals surface area contributed by atoms with Gasteiger partial charge in [-0.1, -0.05) is 0 Å². The van der Waals surface area contributed by atoms with Crippen LogP contribution >= 0.6 is 23.5 Å². The molecule has 10 unspecified atom stereocenters. The Kier molecular flexibility index (Phi) is 17.6. The summed E-state index contributed by atoms with van der Waals surface area (Å²) in [5.41, 5.74) is 0. The summed E-state index contributed by atoms with van der Waals surface area (Å²) in [5, 5.41) is 53.6. The van der Waals surface area contributed by atoms with Crippen LogP contribution in [-0.2, 0) is 42.9 Å². The summed E-state index contributed by atoms with van der Waals surface area (Å²) in [5.74, 6) is -2.81. The van der Waals surface area contributed by atoms with Gasteiger partial charge in [0, 0.05) is 56.6 Å². The number of carbonyl (C=O) groups excluding carboxylic acids is 4. The summed E-state index contributed by atoms with van der Waals surface area (Å²) in [6.07, 6.45) is -5.64. The zero-order valence-corrected chi connectivity index (χ0v) is 26.9. The molecule has 17 heteroatoms. The van der Waals surface area contributed by atoms with Crippen LogP contribution in [0.25, 0.3) is 0 Å². The second kappa shape index (κ2) is 19.7. The molecule has 0 saturated heterocycles. The predicted octanol–water partition coefficient (Wildman–Crippen LogP) is -0.203. The van der Waals surface area contributed by atoms with Gasteiger partial charge in [0.1, 0.15) is 12.2 Å². The van der Waals surface area contributed by atoms with Gasteiger partial charge in [-0.05, 0) is 12.8 Å². The van der Waals surface area contributed by atoms with Crippen LogP contribution in [0.1, 0.15) is 40.5 Å². The molecule has 0 bridgehead atoms. The third-order valence-corrected chi connectivity index (χ3v) is 9.30. The fourth-order valence-corrected chi connectivity index (χ4v) is 7.11. The summed E-state index contributed by atoms with van der Waals surface area (Å²) in [4.78, 5) is 46.0. The van der Waals surface area contributed by atoms with Crippen LogP contribution < -0.4 is 0 Å². The fraction of sp³-hybridized carbons (Fsp3) is 0.778. The maximum absolute atomic E-state index is 11.6. The van der Waals surface area contributed by atoms with E-state index in [0.717, 1.165) is 0 Å². The third kappa shape index (κ3) is 12.8. The average Bonchev–Trinajstić information content (AvgIpc) is 2.95. The van der Waals surface area contributed by atoms with E-state index in [0.29, 0.717) is 18.6 Å². The van der Waals surface area contributed by atoms with Gasteiger partial charge in [0.2, 0.25) is 0 Å². The highest BCUT2D eigenvalue weighted by Crippen LogP contribution is 2.38. The minimum atomic E-state index is -1.25. The molecule has 15 nitrogen and oxygen atoms in total. The van der Waals surface area contributed by atoms with E-state index in [1.54, 1.807) is 0 Å². The summed E-state index contributed by atoms with van der Waals surface area (Å²) < 4.78 is 25.8. The van der Waals surface area contributed by atoms with Crippen molar-refractivity contribution >= 4 is 53.3 Å². The second-order valence-electron chi connectivity index (χ2n) is 10.2. The van der Waals surface area contributed by atoms with Gasteiger partial charge in [0.25, 0.3) is 0 Å². The SMILES string of the molecule is CC(=O)OCC1CC(SCC#N)C(OC(C)=O)C(OC(C)=O)C1OC(C)=O.COC(=N)CSC1CC(CO)C(O)C(O)C1O. The van der Waals surface area contributed by atoms with Crippen LogP contribution in [0.5, 0.6) is 0 Å².